The van der Waals surface area contributed by atoms with Crippen molar-refractivity contribution in [1.29, 1.82) is 0 Å². The van der Waals surface area contributed by atoms with Gasteiger partial charge >= 0.3 is 0 Å². The zero-order valence-corrected chi connectivity index (χ0v) is 13.3. The van der Waals surface area contributed by atoms with Gasteiger partial charge in [0.1, 0.15) is 18.5 Å². The lowest BCUT2D eigenvalue weighted by molar-refractivity contribution is 0.184. The monoisotopic (exact) mass is 302 g/mol. The number of aryl methyl sites for hydroxylation is 1. The van der Waals surface area contributed by atoms with Crippen molar-refractivity contribution < 1.29 is 9.13 Å². The summed E-state index contributed by atoms with van der Waals surface area (Å²) in [5.74, 6) is 1.36. The molecule has 1 aromatic carbocycles. The second-order valence-electron chi connectivity index (χ2n) is 5.51. The van der Waals surface area contributed by atoms with Gasteiger partial charge in [0.2, 0.25) is 0 Å². The minimum Gasteiger partial charge on any atom is -0.491 e. The summed E-state index contributed by atoms with van der Waals surface area (Å²) in [7, 11) is 0. The zero-order chi connectivity index (χ0) is 15.8. The summed E-state index contributed by atoms with van der Waals surface area (Å²) in [4.78, 5) is 8.56. The number of nitrogens with zero attached hydrogens (tertiary/aromatic N) is 2. The molecule has 4 heteroatoms. The average molecular weight is 302 g/mol. The molecule has 2 aromatic rings. The second-order valence-corrected chi connectivity index (χ2v) is 5.51. The predicted molar refractivity (Wildman–Crippen MR) is 86.7 cm³/mol. The van der Waals surface area contributed by atoms with Gasteiger partial charge in [-0.1, -0.05) is 26.2 Å². The first-order valence-corrected chi connectivity index (χ1v) is 7.85. The normalized spacial score (nSPS) is 12.1. The average Bonchev–Trinajstić information content (AvgIpc) is 2.54. The number of hydrogen-bond donors (Lipinski definition) is 0. The number of ether oxygens (including phenoxy) is 1. The molecule has 0 saturated carbocycles. The standard InChI is InChI=1S/C18H23FN2O/c1-3-4-5-6-16(19)13-22-17-9-7-15(8-10-17)18-20-11-14(2)12-21-18/h7-12,16H,3-6,13H2,1-2H3. The number of benzene rings is 1. The molecule has 3 nitrogen and oxygen atoms in total. The summed E-state index contributed by atoms with van der Waals surface area (Å²) in [6.45, 7) is 4.18. The van der Waals surface area contributed by atoms with E-state index in [0.29, 0.717) is 18.0 Å². The van der Waals surface area contributed by atoms with Crippen LogP contribution < -0.4 is 4.74 Å². The number of alkyl halides is 1. The van der Waals surface area contributed by atoms with Crippen LogP contribution in [0.15, 0.2) is 36.7 Å². The number of halogens is 1. The van der Waals surface area contributed by atoms with Crippen LogP contribution in [0.5, 0.6) is 5.75 Å². The van der Waals surface area contributed by atoms with E-state index in [0.717, 1.165) is 30.4 Å². The molecule has 0 saturated heterocycles. The van der Waals surface area contributed by atoms with E-state index in [-0.39, 0.29) is 6.61 Å². The van der Waals surface area contributed by atoms with E-state index in [4.69, 9.17) is 4.74 Å². The fraction of sp³-hybridized carbons (Fsp3) is 0.444. The molecule has 0 fully saturated rings. The largest absolute Gasteiger partial charge is 0.491 e. The molecular formula is C18H23FN2O. The highest BCUT2D eigenvalue weighted by Gasteiger charge is 2.07. The van der Waals surface area contributed by atoms with E-state index in [1.165, 1.54) is 0 Å². The molecule has 1 unspecified atom stereocenters. The van der Waals surface area contributed by atoms with E-state index in [1.807, 2.05) is 31.2 Å². The van der Waals surface area contributed by atoms with Crippen LogP contribution in [0.4, 0.5) is 4.39 Å². The maximum Gasteiger partial charge on any atom is 0.159 e. The Kier molecular flexibility index (Phi) is 6.31. The Labute approximate surface area is 131 Å². The van der Waals surface area contributed by atoms with Crippen LogP contribution in [0.2, 0.25) is 0 Å². The van der Waals surface area contributed by atoms with Crippen molar-refractivity contribution in [3.05, 3.63) is 42.2 Å². The summed E-state index contributed by atoms with van der Waals surface area (Å²) < 4.78 is 19.1. The fourth-order valence-corrected chi connectivity index (χ4v) is 2.13. The van der Waals surface area contributed by atoms with Crippen LogP contribution in [0.25, 0.3) is 11.4 Å². The first-order valence-electron chi connectivity index (χ1n) is 7.85. The Bertz CT molecular complexity index is 554. The van der Waals surface area contributed by atoms with Crippen molar-refractivity contribution in [1.82, 2.24) is 9.97 Å². The van der Waals surface area contributed by atoms with Crippen LogP contribution in [-0.4, -0.2) is 22.7 Å². The first kappa shape index (κ1) is 16.4. The van der Waals surface area contributed by atoms with Gasteiger partial charge in [-0.25, -0.2) is 14.4 Å². The van der Waals surface area contributed by atoms with Gasteiger partial charge in [-0.05, 0) is 43.2 Å². The fourth-order valence-electron chi connectivity index (χ4n) is 2.13. The van der Waals surface area contributed by atoms with Crippen LogP contribution in [0, 0.1) is 6.92 Å². The molecule has 0 aliphatic carbocycles. The molecular weight excluding hydrogens is 279 g/mol. The Morgan fingerprint density at radius 3 is 2.41 bits per heavy atom. The van der Waals surface area contributed by atoms with E-state index in [2.05, 4.69) is 16.9 Å². The molecule has 0 spiro atoms. The number of rotatable bonds is 8. The SMILES string of the molecule is CCCCCC(F)COc1ccc(-c2ncc(C)cn2)cc1. The number of aromatic nitrogens is 2. The zero-order valence-electron chi connectivity index (χ0n) is 13.3. The Balaban J connectivity index is 1.85. The van der Waals surface area contributed by atoms with Gasteiger partial charge in [0.15, 0.2) is 5.82 Å². The van der Waals surface area contributed by atoms with E-state index in [9.17, 15) is 4.39 Å². The van der Waals surface area contributed by atoms with E-state index in [1.54, 1.807) is 12.4 Å². The highest BCUT2D eigenvalue weighted by Crippen LogP contribution is 2.20. The summed E-state index contributed by atoms with van der Waals surface area (Å²) in [5.41, 5.74) is 1.95. The van der Waals surface area contributed by atoms with Gasteiger partial charge in [0, 0.05) is 18.0 Å². The third kappa shape index (κ3) is 5.10. The van der Waals surface area contributed by atoms with Crippen molar-refractivity contribution in [2.24, 2.45) is 0 Å². The van der Waals surface area contributed by atoms with E-state index < -0.39 is 6.17 Å². The highest BCUT2D eigenvalue weighted by molar-refractivity contribution is 5.55. The van der Waals surface area contributed by atoms with Gasteiger partial charge in [-0.15, -0.1) is 0 Å². The molecule has 0 radical (unpaired) electrons. The lowest BCUT2D eigenvalue weighted by Crippen LogP contribution is -2.12. The third-order valence-electron chi connectivity index (χ3n) is 3.45. The van der Waals surface area contributed by atoms with Crippen molar-refractivity contribution in [2.45, 2.75) is 45.7 Å². The summed E-state index contributed by atoms with van der Waals surface area (Å²) >= 11 is 0. The number of hydrogen-bond acceptors (Lipinski definition) is 3. The van der Waals surface area contributed by atoms with Crippen molar-refractivity contribution >= 4 is 0 Å². The lowest BCUT2D eigenvalue weighted by Gasteiger charge is -2.10. The summed E-state index contributed by atoms with van der Waals surface area (Å²) in [6, 6.07) is 7.45. The second kappa shape index (κ2) is 8.47. The van der Waals surface area contributed by atoms with Gasteiger partial charge in [-0.2, -0.15) is 0 Å². The van der Waals surface area contributed by atoms with Gasteiger partial charge < -0.3 is 4.74 Å². The van der Waals surface area contributed by atoms with E-state index >= 15 is 0 Å². The molecule has 1 heterocycles. The molecule has 0 aliphatic rings. The van der Waals surface area contributed by atoms with Crippen LogP contribution in [0.1, 0.15) is 38.2 Å². The van der Waals surface area contributed by atoms with Crippen molar-refractivity contribution in [3.63, 3.8) is 0 Å². The lowest BCUT2D eigenvalue weighted by atomic mass is 10.1. The molecule has 0 amide bonds. The summed E-state index contributed by atoms with van der Waals surface area (Å²) in [5, 5.41) is 0. The molecule has 1 aromatic heterocycles. The molecule has 1 atom stereocenters. The van der Waals surface area contributed by atoms with Gasteiger partial charge in [0.05, 0.1) is 0 Å². The first-order chi connectivity index (χ1) is 10.7. The maximum atomic E-state index is 13.6. The topological polar surface area (TPSA) is 35.0 Å². The predicted octanol–water partition coefficient (Wildman–Crippen LogP) is 4.75. The smallest absolute Gasteiger partial charge is 0.159 e. The molecule has 118 valence electrons. The van der Waals surface area contributed by atoms with Crippen LogP contribution >= 0.6 is 0 Å². The van der Waals surface area contributed by atoms with Crippen LogP contribution in [-0.2, 0) is 0 Å². The molecule has 0 bridgehead atoms. The van der Waals surface area contributed by atoms with Crippen molar-refractivity contribution in [3.8, 4) is 17.1 Å². The molecule has 0 N–H and O–H groups in total. The highest BCUT2D eigenvalue weighted by atomic mass is 19.1. The minimum absolute atomic E-state index is 0.115. The minimum atomic E-state index is -0.897. The van der Waals surface area contributed by atoms with Crippen LogP contribution in [0.3, 0.4) is 0 Å². The Hall–Kier alpha value is -1.97. The Morgan fingerprint density at radius 1 is 1.09 bits per heavy atom. The number of unbranched alkanes of at least 4 members (excludes halogenated alkanes) is 2. The van der Waals surface area contributed by atoms with Gasteiger partial charge in [0.25, 0.3) is 0 Å². The Morgan fingerprint density at radius 2 is 1.77 bits per heavy atom. The quantitative estimate of drug-likeness (QED) is 0.660. The molecule has 2 rings (SSSR count). The molecule has 0 aliphatic heterocycles. The van der Waals surface area contributed by atoms with Crippen molar-refractivity contribution in [2.75, 3.05) is 6.61 Å². The van der Waals surface area contributed by atoms with Gasteiger partial charge in [-0.3, -0.25) is 0 Å². The maximum absolute atomic E-state index is 13.6. The third-order valence-corrected chi connectivity index (χ3v) is 3.45. The molecule has 22 heavy (non-hydrogen) atoms. The summed E-state index contributed by atoms with van der Waals surface area (Å²) in [6.07, 6.45) is 6.36.